The Morgan fingerprint density at radius 3 is 2.50 bits per heavy atom. The molecule has 5 fully saturated rings. The molecule has 1 aromatic rings. The highest BCUT2D eigenvalue weighted by Crippen LogP contribution is 2.79. The quantitative estimate of drug-likeness (QED) is 0.433. The van der Waals surface area contributed by atoms with Crippen molar-refractivity contribution in [3.05, 3.63) is 35.5 Å². The van der Waals surface area contributed by atoms with Crippen LogP contribution in [0.3, 0.4) is 0 Å². The topological polar surface area (TPSA) is 145 Å². The lowest BCUT2D eigenvalue weighted by Gasteiger charge is -2.64. The number of hydrogen-bond acceptors (Lipinski definition) is 10. The Morgan fingerprint density at radius 2 is 1.81 bits per heavy atom. The number of Topliss-reactive ketones (excluding diaryl/α,β-unsaturated/α-hetero) is 1. The van der Waals surface area contributed by atoms with Gasteiger partial charge in [-0.15, -0.1) is 0 Å². The van der Waals surface area contributed by atoms with Crippen molar-refractivity contribution in [2.24, 2.45) is 22.2 Å². The first-order valence-electron chi connectivity index (χ1n) is 12.3. The monoisotopic (exact) mass is 500 g/mol. The lowest BCUT2D eigenvalue weighted by Crippen LogP contribution is -2.74. The highest BCUT2D eigenvalue weighted by atomic mass is 16.7. The van der Waals surface area contributed by atoms with E-state index in [1.54, 1.807) is 33.8 Å². The molecule has 1 saturated carbocycles. The molecule has 0 unspecified atom stereocenters. The van der Waals surface area contributed by atoms with E-state index in [4.69, 9.17) is 23.4 Å². The third kappa shape index (κ3) is 2.06. The van der Waals surface area contributed by atoms with Crippen LogP contribution in [-0.2, 0) is 33.3 Å². The average Bonchev–Trinajstić information content (AvgIpc) is 3.28. The molecule has 4 aliphatic heterocycles. The van der Waals surface area contributed by atoms with Gasteiger partial charge in [0.15, 0.2) is 11.9 Å². The highest BCUT2D eigenvalue weighted by molar-refractivity contribution is 6.03. The molecule has 10 nitrogen and oxygen atoms in total. The molecule has 9 atom stereocenters. The maximum absolute atomic E-state index is 14.3. The Hall–Kier alpha value is -2.69. The number of aliphatic hydroxyl groups is 2. The first-order chi connectivity index (χ1) is 16.9. The van der Waals surface area contributed by atoms with Crippen LogP contribution in [0.5, 0.6) is 0 Å². The fourth-order valence-electron chi connectivity index (χ4n) is 8.90. The van der Waals surface area contributed by atoms with Gasteiger partial charge < -0.3 is 33.6 Å². The molecule has 10 heteroatoms. The van der Waals surface area contributed by atoms with Crippen molar-refractivity contribution >= 4 is 17.7 Å². The number of esters is 2. The first kappa shape index (κ1) is 22.5. The van der Waals surface area contributed by atoms with Gasteiger partial charge >= 0.3 is 11.9 Å². The van der Waals surface area contributed by atoms with Crippen molar-refractivity contribution in [1.82, 2.24) is 0 Å². The zero-order chi connectivity index (χ0) is 25.6. The Kier molecular flexibility index (Phi) is 3.89. The number of allylic oxidation sites excluding steroid dienone is 1. The van der Waals surface area contributed by atoms with Gasteiger partial charge in [0.05, 0.1) is 53.0 Å². The molecular formula is C26H28O10. The molecule has 7 rings (SSSR count). The molecule has 6 aliphatic rings. The summed E-state index contributed by atoms with van der Waals surface area (Å²) in [7, 11) is 0. The van der Waals surface area contributed by atoms with Crippen molar-refractivity contribution in [3.8, 4) is 0 Å². The molecule has 192 valence electrons. The summed E-state index contributed by atoms with van der Waals surface area (Å²) in [5.41, 5.74) is -5.34. The van der Waals surface area contributed by atoms with E-state index in [9.17, 15) is 24.6 Å². The van der Waals surface area contributed by atoms with E-state index in [-0.39, 0.29) is 19.4 Å². The molecule has 36 heavy (non-hydrogen) atoms. The second-order valence-corrected chi connectivity index (χ2v) is 12.0. The lowest BCUT2D eigenvalue weighted by molar-refractivity contribution is -0.240. The summed E-state index contributed by atoms with van der Waals surface area (Å²) in [6.07, 6.45) is -0.817. The summed E-state index contributed by atoms with van der Waals surface area (Å²) in [4.78, 5) is 39.8. The van der Waals surface area contributed by atoms with E-state index < -0.39 is 81.3 Å². The van der Waals surface area contributed by atoms with Crippen LogP contribution < -0.4 is 0 Å². The molecule has 2 aliphatic carbocycles. The molecule has 2 N–H and O–H groups in total. The van der Waals surface area contributed by atoms with Crippen LogP contribution in [0.25, 0.3) is 0 Å². The molecular weight excluding hydrogens is 472 g/mol. The lowest BCUT2D eigenvalue weighted by atomic mass is 9.38. The number of furan rings is 1. The number of ether oxygens (including phenoxy) is 4. The minimum atomic E-state index is -1.47. The van der Waals surface area contributed by atoms with Crippen molar-refractivity contribution < 1.29 is 48.0 Å². The normalized spacial score (nSPS) is 50.2. The second kappa shape index (κ2) is 6.23. The van der Waals surface area contributed by atoms with Crippen molar-refractivity contribution in [3.63, 3.8) is 0 Å². The number of carbonyl (C=O) groups is 3. The van der Waals surface area contributed by atoms with E-state index >= 15 is 0 Å². The van der Waals surface area contributed by atoms with Gasteiger partial charge in [-0.05, 0) is 39.2 Å². The van der Waals surface area contributed by atoms with Crippen molar-refractivity contribution in [1.29, 1.82) is 0 Å². The standard InChI is InChI=1S/C26H28O10/c1-22(2)17-16(29)18(30)23(3)12(25(17)10-33-15(28)8-14(25)35-22)7-13(27)24(4)19(11-5-6-32-9-11)34-21(31)20-26(23,24)36-20/h5-6,9,12-14,19-20,27,29H,7-8,10H2,1-4H3/t12-,13-,14-,19-,20+,23-,24-,25-,26-/m0/s1. The first-order valence-corrected chi connectivity index (χ1v) is 12.3. The maximum Gasteiger partial charge on any atom is 0.339 e. The number of aliphatic hydroxyl groups excluding tert-OH is 2. The molecule has 4 saturated heterocycles. The summed E-state index contributed by atoms with van der Waals surface area (Å²) < 4.78 is 29.1. The van der Waals surface area contributed by atoms with Gasteiger partial charge in [-0.25, -0.2) is 4.79 Å². The molecule has 0 radical (unpaired) electrons. The molecule has 0 amide bonds. The maximum atomic E-state index is 14.3. The zero-order valence-corrected chi connectivity index (χ0v) is 20.4. The minimum Gasteiger partial charge on any atom is -0.504 e. The predicted octanol–water partition coefficient (Wildman–Crippen LogP) is 1.91. The van der Waals surface area contributed by atoms with E-state index in [1.807, 2.05) is 0 Å². The highest BCUT2D eigenvalue weighted by Gasteiger charge is 2.91. The van der Waals surface area contributed by atoms with Crippen LogP contribution in [0.1, 0.15) is 52.2 Å². The second-order valence-electron chi connectivity index (χ2n) is 12.0. The van der Waals surface area contributed by atoms with Crippen LogP contribution in [0.15, 0.2) is 34.3 Å². The molecule has 1 aromatic heterocycles. The number of hydrogen-bond donors (Lipinski definition) is 2. The van der Waals surface area contributed by atoms with E-state index in [0.717, 1.165) is 0 Å². The van der Waals surface area contributed by atoms with Crippen molar-refractivity contribution in [2.75, 3.05) is 6.61 Å². The SMILES string of the molecule is CC1(C)O[C@H]2CC(=O)OC[C@@]23C1=C(O)C(=O)[C@]1(C)[C@@H]3C[C@H](O)[C@@]2(C)[C@H](c3ccoc3)OC(=O)[C@H]3O[C@]321. The number of fused-ring (bicyclic) bond motifs is 1. The van der Waals surface area contributed by atoms with Gasteiger partial charge in [0.1, 0.15) is 18.3 Å². The van der Waals surface area contributed by atoms with Crippen LogP contribution in [-0.4, -0.2) is 64.1 Å². The van der Waals surface area contributed by atoms with Gasteiger partial charge in [0.25, 0.3) is 0 Å². The molecule has 5 heterocycles. The summed E-state index contributed by atoms with van der Waals surface area (Å²) in [6, 6.07) is 1.65. The van der Waals surface area contributed by atoms with Gasteiger partial charge in [0.2, 0.25) is 5.78 Å². The van der Waals surface area contributed by atoms with Crippen molar-refractivity contribution in [2.45, 2.75) is 76.2 Å². The van der Waals surface area contributed by atoms with Crippen LogP contribution in [0.4, 0.5) is 0 Å². The number of epoxide rings is 1. The summed E-state index contributed by atoms with van der Waals surface area (Å²) >= 11 is 0. The fourth-order valence-corrected chi connectivity index (χ4v) is 8.90. The number of carbonyl (C=O) groups excluding carboxylic acids is 3. The summed E-state index contributed by atoms with van der Waals surface area (Å²) in [5, 5.41) is 23.4. The minimum absolute atomic E-state index is 0.0503. The Balaban J connectivity index is 1.49. The third-order valence-corrected chi connectivity index (χ3v) is 10.3. The number of rotatable bonds is 1. The van der Waals surface area contributed by atoms with E-state index in [2.05, 4.69) is 0 Å². The Morgan fingerprint density at radius 1 is 1.06 bits per heavy atom. The Bertz CT molecular complexity index is 1260. The molecule has 0 bridgehead atoms. The smallest absolute Gasteiger partial charge is 0.339 e. The van der Waals surface area contributed by atoms with E-state index in [0.29, 0.717) is 11.1 Å². The average molecular weight is 501 g/mol. The van der Waals surface area contributed by atoms with E-state index in [1.165, 1.54) is 12.5 Å². The van der Waals surface area contributed by atoms with Gasteiger partial charge in [-0.3, -0.25) is 9.59 Å². The van der Waals surface area contributed by atoms with Crippen LogP contribution >= 0.6 is 0 Å². The predicted molar refractivity (Wildman–Crippen MR) is 117 cm³/mol. The fraction of sp³-hybridized carbons (Fsp3) is 0.654. The number of cyclic esters (lactones) is 2. The number of ketones is 1. The third-order valence-electron chi connectivity index (χ3n) is 10.3. The summed E-state index contributed by atoms with van der Waals surface area (Å²) in [6.45, 7) is 6.87. The van der Waals surface area contributed by atoms with Crippen LogP contribution in [0, 0.1) is 22.2 Å². The largest absolute Gasteiger partial charge is 0.504 e. The van der Waals surface area contributed by atoms with Gasteiger partial charge in [0, 0.05) is 11.1 Å². The summed E-state index contributed by atoms with van der Waals surface area (Å²) in [5.74, 6) is -2.72. The van der Waals surface area contributed by atoms with Gasteiger partial charge in [-0.2, -0.15) is 0 Å². The Labute approximate surface area is 206 Å². The van der Waals surface area contributed by atoms with Crippen LogP contribution in [0.2, 0.25) is 0 Å². The molecule has 0 aromatic carbocycles. The molecule has 2 spiro atoms. The van der Waals surface area contributed by atoms with Gasteiger partial charge in [-0.1, -0.05) is 6.92 Å². The zero-order valence-electron chi connectivity index (χ0n) is 20.4.